The number of aromatic nitrogens is 2. The summed E-state index contributed by atoms with van der Waals surface area (Å²) < 4.78 is 38.4. The largest absolute Gasteiger partial charge is 0.416 e. The van der Waals surface area contributed by atoms with Gasteiger partial charge in [-0.25, -0.2) is 0 Å². The lowest BCUT2D eigenvalue weighted by Gasteiger charge is -2.18. The summed E-state index contributed by atoms with van der Waals surface area (Å²) in [6, 6.07) is 6.03. The molecular formula is C24H39F3N2O4. The van der Waals surface area contributed by atoms with Gasteiger partial charge in [0.15, 0.2) is 6.10 Å². The molecule has 0 saturated heterocycles. The molecule has 6 nitrogen and oxygen atoms in total. The Labute approximate surface area is 194 Å². The van der Waals surface area contributed by atoms with Crippen molar-refractivity contribution in [2.24, 2.45) is 0 Å². The summed E-state index contributed by atoms with van der Waals surface area (Å²) in [5, 5.41) is 18.4. The predicted octanol–water partition coefficient (Wildman–Crippen LogP) is 4.31. The van der Waals surface area contributed by atoms with Crippen molar-refractivity contribution < 1.29 is 23.4 Å². The monoisotopic (exact) mass is 476 g/mol. The Hall–Kier alpha value is -2.39. The van der Waals surface area contributed by atoms with Crippen molar-refractivity contribution in [1.82, 2.24) is 9.13 Å². The number of aliphatic hydroxyl groups excluding tert-OH is 1. The molecule has 0 fully saturated rings. The van der Waals surface area contributed by atoms with Gasteiger partial charge in [-0.15, -0.1) is 0 Å². The molecule has 1 atom stereocenters. The van der Waals surface area contributed by atoms with Crippen LogP contribution in [0.4, 0.5) is 13.2 Å². The second-order valence-corrected chi connectivity index (χ2v) is 7.42. The Kier molecular flexibility index (Phi) is 15.3. The van der Waals surface area contributed by atoms with E-state index in [-0.39, 0.29) is 5.56 Å². The highest BCUT2D eigenvalue weighted by Gasteiger charge is 2.38. The van der Waals surface area contributed by atoms with Gasteiger partial charge in [-0.2, -0.15) is 13.2 Å². The van der Waals surface area contributed by atoms with Crippen molar-refractivity contribution in [2.75, 3.05) is 0 Å². The average molecular weight is 477 g/mol. The van der Waals surface area contributed by atoms with E-state index in [4.69, 9.17) is 5.11 Å². The van der Waals surface area contributed by atoms with Crippen LogP contribution < -0.4 is 11.1 Å². The third kappa shape index (κ3) is 13.7. The average Bonchev–Trinajstić information content (AvgIpc) is 2.74. The zero-order chi connectivity index (χ0) is 26.4. The molecule has 0 unspecified atom stereocenters. The molecule has 2 N–H and O–H groups in total. The SMILES string of the molecule is CC.CC.CCc1ccc(=O)n(CC(C)(C)O)c1.Cc1ccc(=O)n(C[C@@H](O)C(F)(F)F)c1. The van der Waals surface area contributed by atoms with Crippen LogP contribution in [0.15, 0.2) is 46.2 Å². The fraction of sp³-hybridized carbons (Fsp3) is 0.583. The highest BCUT2D eigenvalue weighted by Crippen LogP contribution is 2.20. The molecule has 0 aliphatic carbocycles. The molecule has 0 amide bonds. The van der Waals surface area contributed by atoms with Crippen LogP contribution in [0, 0.1) is 6.92 Å². The Bertz CT molecular complexity index is 913. The third-order valence-electron chi connectivity index (χ3n) is 3.89. The van der Waals surface area contributed by atoms with Crippen molar-refractivity contribution in [3.8, 4) is 0 Å². The predicted molar refractivity (Wildman–Crippen MR) is 127 cm³/mol. The first-order chi connectivity index (χ1) is 15.2. The third-order valence-corrected chi connectivity index (χ3v) is 3.89. The molecule has 0 aliphatic heterocycles. The molecule has 0 aromatic carbocycles. The zero-order valence-corrected chi connectivity index (χ0v) is 20.9. The molecule has 0 bridgehead atoms. The molecule has 33 heavy (non-hydrogen) atoms. The molecule has 2 rings (SSSR count). The standard InChI is InChI=1S/C11H17NO2.C9H10F3NO2.2C2H6/c1-4-9-5-6-10(13)12(7-9)8-11(2,3)14;1-6-2-3-8(15)13(4-6)5-7(14)9(10,11)12;2*1-2/h5-7,14H,4,8H2,1-3H3;2-4,7,14H,5H2,1H3;2*1-2H3/t;7-;;/m.1../s1. The zero-order valence-electron chi connectivity index (χ0n) is 20.9. The summed E-state index contributed by atoms with van der Waals surface area (Å²) in [6.07, 6.45) is -3.25. The van der Waals surface area contributed by atoms with Crippen LogP contribution in [-0.2, 0) is 19.5 Å². The van der Waals surface area contributed by atoms with Gasteiger partial charge in [0, 0.05) is 24.5 Å². The molecule has 190 valence electrons. The van der Waals surface area contributed by atoms with Crippen molar-refractivity contribution in [3.63, 3.8) is 0 Å². The van der Waals surface area contributed by atoms with Gasteiger partial charge in [0.25, 0.3) is 11.1 Å². The summed E-state index contributed by atoms with van der Waals surface area (Å²) in [6.45, 7) is 14.6. The van der Waals surface area contributed by atoms with Crippen LogP contribution in [0.1, 0.15) is 59.6 Å². The van der Waals surface area contributed by atoms with E-state index in [1.54, 1.807) is 37.6 Å². The minimum atomic E-state index is -4.71. The number of halogens is 3. The molecule has 2 heterocycles. The smallest absolute Gasteiger partial charge is 0.389 e. The quantitative estimate of drug-likeness (QED) is 0.673. The first-order valence-electron chi connectivity index (χ1n) is 11.1. The van der Waals surface area contributed by atoms with E-state index >= 15 is 0 Å². The van der Waals surface area contributed by atoms with Crippen molar-refractivity contribution in [1.29, 1.82) is 0 Å². The second-order valence-electron chi connectivity index (χ2n) is 7.42. The lowest BCUT2D eigenvalue weighted by molar-refractivity contribution is -0.207. The molecule has 2 aromatic heterocycles. The number of nitrogens with zero attached hydrogens (tertiary/aromatic N) is 2. The molecule has 0 spiro atoms. The van der Waals surface area contributed by atoms with Crippen molar-refractivity contribution >= 4 is 0 Å². The minimum Gasteiger partial charge on any atom is -0.389 e. The number of aryl methyl sites for hydroxylation is 2. The van der Waals surface area contributed by atoms with Crippen LogP contribution in [-0.4, -0.2) is 37.2 Å². The highest BCUT2D eigenvalue weighted by molar-refractivity contribution is 5.10. The summed E-state index contributed by atoms with van der Waals surface area (Å²) >= 11 is 0. The maximum Gasteiger partial charge on any atom is 0.416 e. The molecule has 0 saturated carbocycles. The number of hydrogen-bond donors (Lipinski definition) is 2. The highest BCUT2D eigenvalue weighted by atomic mass is 19.4. The summed E-state index contributed by atoms with van der Waals surface area (Å²) in [5.74, 6) is 0. The van der Waals surface area contributed by atoms with E-state index in [0.717, 1.165) is 16.6 Å². The number of pyridine rings is 2. The number of hydrogen-bond acceptors (Lipinski definition) is 4. The molecule has 0 aliphatic rings. The summed E-state index contributed by atoms with van der Waals surface area (Å²) in [7, 11) is 0. The van der Waals surface area contributed by atoms with E-state index in [0.29, 0.717) is 12.1 Å². The van der Waals surface area contributed by atoms with Gasteiger partial charge in [-0.05, 0) is 38.3 Å². The van der Waals surface area contributed by atoms with Crippen LogP contribution in [0.2, 0.25) is 0 Å². The maximum atomic E-state index is 12.0. The Balaban J connectivity index is 0. The van der Waals surface area contributed by atoms with E-state index in [1.807, 2.05) is 40.7 Å². The van der Waals surface area contributed by atoms with Crippen LogP contribution in [0.5, 0.6) is 0 Å². The lowest BCUT2D eigenvalue weighted by Crippen LogP contribution is -2.36. The molecule has 0 radical (unpaired) electrons. The minimum absolute atomic E-state index is 0.0654. The Morgan fingerprint density at radius 3 is 1.85 bits per heavy atom. The van der Waals surface area contributed by atoms with E-state index in [1.165, 1.54) is 18.3 Å². The van der Waals surface area contributed by atoms with Crippen molar-refractivity contribution in [3.05, 3.63) is 68.5 Å². The topological polar surface area (TPSA) is 84.5 Å². The van der Waals surface area contributed by atoms with Crippen LogP contribution >= 0.6 is 0 Å². The van der Waals surface area contributed by atoms with E-state index < -0.39 is 30.0 Å². The van der Waals surface area contributed by atoms with Crippen LogP contribution in [0.3, 0.4) is 0 Å². The number of rotatable bonds is 5. The van der Waals surface area contributed by atoms with Gasteiger partial charge in [0.2, 0.25) is 0 Å². The van der Waals surface area contributed by atoms with E-state index in [9.17, 15) is 27.9 Å². The Morgan fingerprint density at radius 1 is 0.909 bits per heavy atom. The first kappa shape index (κ1) is 32.8. The van der Waals surface area contributed by atoms with Crippen LogP contribution in [0.25, 0.3) is 0 Å². The second kappa shape index (κ2) is 15.4. The van der Waals surface area contributed by atoms with Crippen molar-refractivity contribution in [2.45, 2.75) is 92.8 Å². The lowest BCUT2D eigenvalue weighted by atomic mass is 10.1. The fourth-order valence-corrected chi connectivity index (χ4v) is 2.41. The summed E-state index contributed by atoms with van der Waals surface area (Å²) in [5.41, 5.74) is 0.280. The fourth-order valence-electron chi connectivity index (χ4n) is 2.41. The van der Waals surface area contributed by atoms with Gasteiger partial charge in [0.05, 0.1) is 18.7 Å². The van der Waals surface area contributed by atoms with Gasteiger partial charge < -0.3 is 19.3 Å². The van der Waals surface area contributed by atoms with Gasteiger partial charge in [-0.3, -0.25) is 9.59 Å². The maximum absolute atomic E-state index is 12.0. The van der Waals surface area contributed by atoms with Gasteiger partial charge in [-0.1, -0.05) is 46.8 Å². The normalized spacial score (nSPS) is 11.7. The summed E-state index contributed by atoms with van der Waals surface area (Å²) in [4.78, 5) is 22.5. The number of alkyl halides is 3. The van der Waals surface area contributed by atoms with Gasteiger partial charge in [0.1, 0.15) is 0 Å². The van der Waals surface area contributed by atoms with Gasteiger partial charge >= 0.3 is 6.18 Å². The molecule has 2 aromatic rings. The Morgan fingerprint density at radius 2 is 1.39 bits per heavy atom. The molecule has 9 heteroatoms. The molecular weight excluding hydrogens is 437 g/mol. The van der Waals surface area contributed by atoms with E-state index in [2.05, 4.69) is 0 Å². The first-order valence-corrected chi connectivity index (χ1v) is 11.1. The number of aliphatic hydroxyl groups is 2.